The van der Waals surface area contributed by atoms with Crippen LogP contribution in [0.2, 0.25) is 0 Å². The standard InChI is InChI=1S/C9H7N4O3/c1-5-6(13(15)16)2-3-7-8(5)11-4-12(7)9(10)14/h2,4H,1H3,(H2,10,14). The molecule has 81 valence electrons. The molecule has 1 aromatic heterocycles. The molecule has 0 atom stereocenters. The van der Waals surface area contributed by atoms with Crippen LogP contribution in [0.15, 0.2) is 12.4 Å². The lowest BCUT2D eigenvalue weighted by Crippen LogP contribution is -2.18. The van der Waals surface area contributed by atoms with Crippen molar-refractivity contribution in [3.05, 3.63) is 34.1 Å². The van der Waals surface area contributed by atoms with Gasteiger partial charge < -0.3 is 5.73 Å². The zero-order valence-electron chi connectivity index (χ0n) is 8.30. The first-order chi connectivity index (χ1) is 7.52. The Morgan fingerprint density at radius 2 is 2.38 bits per heavy atom. The van der Waals surface area contributed by atoms with E-state index < -0.39 is 11.0 Å². The van der Waals surface area contributed by atoms with Gasteiger partial charge in [0.1, 0.15) is 6.33 Å². The third-order valence-electron chi connectivity index (χ3n) is 2.29. The fraction of sp³-hybridized carbons (Fsp3) is 0.111. The maximum atomic E-state index is 11.0. The Bertz CT molecular complexity index is 602. The summed E-state index contributed by atoms with van der Waals surface area (Å²) in [6, 6.07) is 3.13. The van der Waals surface area contributed by atoms with Gasteiger partial charge in [-0.1, -0.05) is 0 Å². The summed E-state index contributed by atoms with van der Waals surface area (Å²) in [5.74, 6) is 0. The van der Waals surface area contributed by atoms with Crippen LogP contribution in [0, 0.1) is 23.1 Å². The molecule has 0 spiro atoms. The number of amides is 1. The molecule has 0 aliphatic heterocycles. The third kappa shape index (κ3) is 1.29. The number of fused-ring (bicyclic) bond motifs is 1. The summed E-state index contributed by atoms with van der Waals surface area (Å²) in [4.78, 5) is 25.1. The van der Waals surface area contributed by atoms with E-state index in [1.54, 1.807) is 6.92 Å². The molecule has 0 bridgehead atoms. The Labute approximate surface area is 89.6 Å². The average Bonchev–Trinajstić information content (AvgIpc) is 2.61. The molecule has 2 N–H and O–H groups in total. The Morgan fingerprint density at radius 3 is 2.94 bits per heavy atom. The van der Waals surface area contributed by atoms with Gasteiger partial charge in [-0.3, -0.25) is 14.7 Å². The number of benzene rings is 1. The van der Waals surface area contributed by atoms with Gasteiger partial charge in [0.05, 0.1) is 21.5 Å². The van der Waals surface area contributed by atoms with E-state index >= 15 is 0 Å². The first kappa shape index (κ1) is 10.1. The van der Waals surface area contributed by atoms with Gasteiger partial charge in [-0.25, -0.2) is 9.78 Å². The van der Waals surface area contributed by atoms with Crippen LogP contribution in [0.5, 0.6) is 0 Å². The zero-order chi connectivity index (χ0) is 11.9. The molecular formula is C9H7N4O3. The number of nitro benzene ring substituents is 1. The number of rotatable bonds is 1. The van der Waals surface area contributed by atoms with Crippen molar-refractivity contribution in [2.24, 2.45) is 5.73 Å². The number of carbonyl (C=O) groups is 1. The predicted molar refractivity (Wildman–Crippen MR) is 54.9 cm³/mol. The third-order valence-corrected chi connectivity index (χ3v) is 2.29. The Balaban J connectivity index is 2.78. The van der Waals surface area contributed by atoms with Crippen LogP contribution in [0.25, 0.3) is 11.0 Å². The zero-order valence-corrected chi connectivity index (χ0v) is 8.30. The molecule has 1 amide bonds. The van der Waals surface area contributed by atoms with Gasteiger partial charge in [-0.15, -0.1) is 0 Å². The summed E-state index contributed by atoms with van der Waals surface area (Å²) in [6.07, 6.45) is 1.22. The lowest BCUT2D eigenvalue weighted by molar-refractivity contribution is -0.385. The Kier molecular flexibility index (Phi) is 2.08. The highest BCUT2D eigenvalue weighted by Crippen LogP contribution is 2.25. The first-order valence-electron chi connectivity index (χ1n) is 4.35. The minimum absolute atomic E-state index is 0.0813. The van der Waals surface area contributed by atoms with Crippen molar-refractivity contribution in [3.63, 3.8) is 0 Å². The highest BCUT2D eigenvalue weighted by Gasteiger charge is 2.17. The van der Waals surface area contributed by atoms with Gasteiger partial charge in [0.2, 0.25) is 0 Å². The van der Waals surface area contributed by atoms with Crippen LogP contribution in [-0.2, 0) is 0 Å². The van der Waals surface area contributed by atoms with Crippen molar-refractivity contribution in [2.75, 3.05) is 0 Å². The number of nitro groups is 1. The quantitative estimate of drug-likeness (QED) is 0.570. The van der Waals surface area contributed by atoms with Crippen molar-refractivity contribution in [1.82, 2.24) is 9.55 Å². The highest BCUT2D eigenvalue weighted by atomic mass is 16.6. The number of hydrogen-bond acceptors (Lipinski definition) is 4. The molecule has 1 heterocycles. The van der Waals surface area contributed by atoms with Gasteiger partial charge in [0, 0.05) is 12.1 Å². The van der Waals surface area contributed by atoms with Gasteiger partial charge in [0.15, 0.2) is 0 Å². The fourth-order valence-electron chi connectivity index (χ4n) is 1.48. The molecule has 7 heteroatoms. The van der Waals surface area contributed by atoms with Crippen LogP contribution in [-0.4, -0.2) is 20.5 Å². The maximum absolute atomic E-state index is 11.0. The van der Waals surface area contributed by atoms with Gasteiger partial charge in [-0.2, -0.15) is 0 Å². The van der Waals surface area contributed by atoms with E-state index in [0.717, 1.165) is 4.57 Å². The van der Waals surface area contributed by atoms with Crippen molar-refractivity contribution in [3.8, 4) is 0 Å². The largest absolute Gasteiger partial charge is 0.351 e. The number of hydrogen-bond donors (Lipinski definition) is 1. The number of imidazole rings is 1. The van der Waals surface area contributed by atoms with E-state index in [4.69, 9.17) is 5.73 Å². The molecule has 1 aromatic carbocycles. The molecular weight excluding hydrogens is 212 g/mol. The highest BCUT2D eigenvalue weighted by molar-refractivity contribution is 5.90. The Hall–Kier alpha value is -2.44. The summed E-state index contributed by atoms with van der Waals surface area (Å²) in [6.45, 7) is 1.56. The average molecular weight is 219 g/mol. The van der Waals surface area contributed by atoms with E-state index in [2.05, 4.69) is 11.1 Å². The molecule has 0 fully saturated rings. The molecule has 7 nitrogen and oxygen atoms in total. The minimum atomic E-state index is -0.702. The van der Waals surface area contributed by atoms with Gasteiger partial charge >= 0.3 is 6.03 Å². The molecule has 0 saturated carbocycles. The summed E-state index contributed by atoms with van der Waals surface area (Å²) < 4.78 is 1.09. The van der Waals surface area contributed by atoms with E-state index in [1.807, 2.05) is 0 Å². The predicted octanol–water partition coefficient (Wildman–Crippen LogP) is 0.980. The Morgan fingerprint density at radius 1 is 1.69 bits per heavy atom. The second-order valence-electron chi connectivity index (χ2n) is 3.21. The molecule has 0 unspecified atom stereocenters. The molecule has 0 aliphatic carbocycles. The number of nitrogens with zero attached hydrogens (tertiary/aromatic N) is 3. The van der Waals surface area contributed by atoms with Gasteiger partial charge in [0.25, 0.3) is 5.69 Å². The van der Waals surface area contributed by atoms with Crippen molar-refractivity contribution < 1.29 is 9.72 Å². The summed E-state index contributed by atoms with van der Waals surface area (Å²) >= 11 is 0. The lowest BCUT2D eigenvalue weighted by Gasteiger charge is -1.99. The monoisotopic (exact) mass is 219 g/mol. The van der Waals surface area contributed by atoms with Crippen LogP contribution in [0.3, 0.4) is 0 Å². The number of aromatic nitrogens is 2. The molecule has 0 saturated heterocycles. The normalized spacial score (nSPS) is 10.6. The molecule has 2 aromatic rings. The van der Waals surface area contributed by atoms with Crippen LogP contribution in [0.4, 0.5) is 10.5 Å². The van der Waals surface area contributed by atoms with Crippen molar-refractivity contribution in [1.29, 1.82) is 0 Å². The molecule has 1 radical (unpaired) electrons. The summed E-state index contributed by atoms with van der Waals surface area (Å²) in [5.41, 5.74) is 6.11. The minimum Gasteiger partial charge on any atom is -0.351 e. The number of aryl methyl sites for hydroxylation is 1. The van der Waals surface area contributed by atoms with Gasteiger partial charge in [-0.05, 0) is 6.92 Å². The maximum Gasteiger partial charge on any atom is 0.324 e. The number of primary amides is 1. The molecule has 16 heavy (non-hydrogen) atoms. The van der Waals surface area contributed by atoms with E-state index in [0.29, 0.717) is 16.6 Å². The van der Waals surface area contributed by atoms with E-state index in [1.165, 1.54) is 12.4 Å². The number of nitrogens with two attached hydrogens (primary N) is 1. The van der Waals surface area contributed by atoms with Crippen LogP contribution in [0.1, 0.15) is 5.56 Å². The van der Waals surface area contributed by atoms with E-state index in [-0.39, 0.29) is 5.69 Å². The second kappa shape index (κ2) is 3.30. The van der Waals surface area contributed by atoms with E-state index in [9.17, 15) is 14.9 Å². The molecule has 2 rings (SSSR count). The topological polar surface area (TPSA) is 104 Å². The van der Waals surface area contributed by atoms with Crippen LogP contribution >= 0.6 is 0 Å². The fourth-order valence-corrected chi connectivity index (χ4v) is 1.48. The lowest BCUT2D eigenvalue weighted by atomic mass is 10.1. The summed E-state index contributed by atoms with van der Waals surface area (Å²) in [7, 11) is 0. The van der Waals surface area contributed by atoms with Crippen molar-refractivity contribution >= 4 is 22.8 Å². The molecule has 0 aliphatic rings. The second-order valence-corrected chi connectivity index (χ2v) is 3.21. The smallest absolute Gasteiger partial charge is 0.324 e. The number of carbonyl (C=O) groups excluding carboxylic acids is 1. The summed E-state index contributed by atoms with van der Waals surface area (Å²) in [5, 5.41) is 10.7. The SMILES string of the molecule is Cc1c([N+](=O)[O-])c[c]c2c1ncn2C(N)=O. The van der Waals surface area contributed by atoms with Crippen molar-refractivity contribution in [2.45, 2.75) is 6.92 Å². The van der Waals surface area contributed by atoms with Crippen LogP contribution < -0.4 is 5.73 Å². The first-order valence-corrected chi connectivity index (χ1v) is 4.35.